The van der Waals surface area contributed by atoms with Crippen LogP contribution in [-0.2, 0) is 4.79 Å². The van der Waals surface area contributed by atoms with Crippen molar-refractivity contribution in [3.05, 3.63) is 24.5 Å². The molecule has 1 unspecified atom stereocenters. The number of hydrogen-bond acceptors (Lipinski definition) is 4. The molecule has 3 heterocycles. The molecule has 2 aromatic rings. The number of aliphatic carboxylic acids is 1. The normalized spacial score (nSPS) is 19.6. The minimum atomic E-state index is -0.721. The van der Waals surface area contributed by atoms with Gasteiger partial charge >= 0.3 is 5.97 Å². The van der Waals surface area contributed by atoms with Crippen LogP contribution in [0, 0.1) is 5.92 Å². The van der Waals surface area contributed by atoms with E-state index in [9.17, 15) is 4.79 Å². The minimum Gasteiger partial charge on any atom is -0.481 e. The highest BCUT2D eigenvalue weighted by Crippen LogP contribution is 2.24. The van der Waals surface area contributed by atoms with Gasteiger partial charge in [0, 0.05) is 31.8 Å². The Labute approximate surface area is 104 Å². The van der Waals surface area contributed by atoms with Crippen molar-refractivity contribution in [2.24, 2.45) is 5.92 Å². The zero-order valence-corrected chi connectivity index (χ0v) is 9.86. The van der Waals surface area contributed by atoms with E-state index in [1.54, 1.807) is 10.7 Å². The molecule has 6 heteroatoms. The van der Waals surface area contributed by atoms with E-state index in [1.807, 2.05) is 18.3 Å². The summed E-state index contributed by atoms with van der Waals surface area (Å²) < 4.78 is 1.72. The summed E-state index contributed by atoms with van der Waals surface area (Å²) in [6.07, 6.45) is 4.75. The molecule has 18 heavy (non-hydrogen) atoms. The van der Waals surface area contributed by atoms with Gasteiger partial charge in [0.1, 0.15) is 5.82 Å². The molecule has 0 aromatic carbocycles. The minimum absolute atomic E-state index is 0.227. The van der Waals surface area contributed by atoms with Crippen LogP contribution in [0.3, 0.4) is 0 Å². The van der Waals surface area contributed by atoms with Gasteiger partial charge in [-0.25, -0.2) is 9.50 Å². The van der Waals surface area contributed by atoms with E-state index in [-0.39, 0.29) is 12.3 Å². The van der Waals surface area contributed by atoms with Crippen molar-refractivity contribution >= 4 is 17.4 Å². The standard InChI is InChI=1S/C12H14N4O2/c17-12(18)7-9-2-5-15(8-9)10-3-6-16-11(14-10)1-4-13-16/h1,3-4,6,9H,2,5,7-8H2,(H,17,18). The highest BCUT2D eigenvalue weighted by atomic mass is 16.4. The Morgan fingerprint density at radius 3 is 3.22 bits per heavy atom. The number of anilines is 1. The average molecular weight is 246 g/mol. The highest BCUT2D eigenvalue weighted by molar-refractivity contribution is 5.67. The lowest BCUT2D eigenvalue weighted by Crippen LogP contribution is -2.21. The Balaban J connectivity index is 1.77. The first-order valence-electron chi connectivity index (χ1n) is 5.99. The molecule has 1 atom stereocenters. The molecule has 1 aliphatic heterocycles. The summed E-state index contributed by atoms with van der Waals surface area (Å²) >= 11 is 0. The van der Waals surface area contributed by atoms with Gasteiger partial charge < -0.3 is 10.0 Å². The Bertz CT molecular complexity index is 580. The molecule has 2 aromatic heterocycles. The number of nitrogens with zero attached hydrogens (tertiary/aromatic N) is 4. The van der Waals surface area contributed by atoms with Gasteiger partial charge in [0.15, 0.2) is 5.65 Å². The van der Waals surface area contributed by atoms with Crippen LogP contribution in [-0.4, -0.2) is 38.8 Å². The number of hydrogen-bond donors (Lipinski definition) is 1. The lowest BCUT2D eigenvalue weighted by molar-refractivity contribution is -0.137. The largest absolute Gasteiger partial charge is 0.481 e. The van der Waals surface area contributed by atoms with Crippen molar-refractivity contribution in [3.63, 3.8) is 0 Å². The van der Waals surface area contributed by atoms with Crippen LogP contribution >= 0.6 is 0 Å². The molecule has 1 fully saturated rings. The fourth-order valence-corrected chi connectivity index (χ4v) is 2.43. The second-order valence-corrected chi connectivity index (χ2v) is 4.62. The van der Waals surface area contributed by atoms with Crippen LogP contribution in [0.2, 0.25) is 0 Å². The summed E-state index contributed by atoms with van der Waals surface area (Å²) in [6.45, 7) is 1.64. The maximum atomic E-state index is 10.7. The SMILES string of the molecule is O=C(O)CC1CCN(c2ccn3nccc3n2)C1. The first-order valence-corrected chi connectivity index (χ1v) is 5.99. The van der Waals surface area contributed by atoms with Crippen molar-refractivity contribution < 1.29 is 9.90 Å². The number of rotatable bonds is 3. The summed E-state index contributed by atoms with van der Waals surface area (Å²) in [5.74, 6) is 0.405. The van der Waals surface area contributed by atoms with E-state index >= 15 is 0 Å². The van der Waals surface area contributed by atoms with Gasteiger partial charge in [-0.15, -0.1) is 0 Å². The molecule has 0 bridgehead atoms. The molecule has 0 radical (unpaired) electrons. The maximum Gasteiger partial charge on any atom is 0.303 e. The lowest BCUT2D eigenvalue weighted by Gasteiger charge is -2.17. The molecule has 1 aliphatic rings. The van der Waals surface area contributed by atoms with Crippen LogP contribution in [0.5, 0.6) is 0 Å². The van der Waals surface area contributed by atoms with Gasteiger partial charge in [0.25, 0.3) is 0 Å². The lowest BCUT2D eigenvalue weighted by atomic mass is 10.1. The van der Waals surface area contributed by atoms with Crippen LogP contribution in [0.1, 0.15) is 12.8 Å². The first kappa shape index (κ1) is 11.0. The number of fused-ring (bicyclic) bond motifs is 1. The number of carboxylic acids is 1. The zero-order chi connectivity index (χ0) is 12.5. The van der Waals surface area contributed by atoms with Gasteiger partial charge in [-0.1, -0.05) is 0 Å². The third-order valence-electron chi connectivity index (χ3n) is 3.32. The third kappa shape index (κ3) is 2.01. The van der Waals surface area contributed by atoms with Crippen molar-refractivity contribution in [2.75, 3.05) is 18.0 Å². The highest BCUT2D eigenvalue weighted by Gasteiger charge is 2.25. The second-order valence-electron chi connectivity index (χ2n) is 4.62. The van der Waals surface area contributed by atoms with Crippen LogP contribution in [0.15, 0.2) is 24.5 Å². The quantitative estimate of drug-likeness (QED) is 0.875. The van der Waals surface area contributed by atoms with E-state index in [0.717, 1.165) is 31.0 Å². The molecular weight excluding hydrogens is 232 g/mol. The van der Waals surface area contributed by atoms with E-state index in [1.165, 1.54) is 0 Å². The van der Waals surface area contributed by atoms with Crippen molar-refractivity contribution in [3.8, 4) is 0 Å². The van der Waals surface area contributed by atoms with Crippen molar-refractivity contribution in [2.45, 2.75) is 12.8 Å². The summed E-state index contributed by atoms with van der Waals surface area (Å²) in [5.41, 5.74) is 0.814. The summed E-state index contributed by atoms with van der Waals surface area (Å²) in [7, 11) is 0. The van der Waals surface area contributed by atoms with E-state index < -0.39 is 5.97 Å². The summed E-state index contributed by atoms with van der Waals surface area (Å²) in [5, 5.41) is 12.9. The third-order valence-corrected chi connectivity index (χ3v) is 3.32. The van der Waals surface area contributed by atoms with Gasteiger partial charge in [0.2, 0.25) is 0 Å². The van der Waals surface area contributed by atoms with Gasteiger partial charge in [-0.2, -0.15) is 5.10 Å². The zero-order valence-electron chi connectivity index (χ0n) is 9.86. The Morgan fingerprint density at radius 1 is 1.50 bits per heavy atom. The fourth-order valence-electron chi connectivity index (χ4n) is 2.43. The first-order chi connectivity index (χ1) is 8.72. The van der Waals surface area contributed by atoms with Crippen LogP contribution < -0.4 is 4.90 Å². The van der Waals surface area contributed by atoms with Crippen molar-refractivity contribution in [1.29, 1.82) is 0 Å². The topological polar surface area (TPSA) is 70.7 Å². The molecule has 0 aliphatic carbocycles. The Hall–Kier alpha value is -2.11. The van der Waals surface area contributed by atoms with E-state index in [0.29, 0.717) is 0 Å². The monoisotopic (exact) mass is 246 g/mol. The Kier molecular flexibility index (Phi) is 2.62. The van der Waals surface area contributed by atoms with Crippen molar-refractivity contribution in [1.82, 2.24) is 14.6 Å². The number of carbonyl (C=O) groups is 1. The maximum absolute atomic E-state index is 10.7. The second kappa shape index (κ2) is 4.29. The molecule has 94 valence electrons. The number of aromatic nitrogens is 3. The Morgan fingerprint density at radius 2 is 2.39 bits per heavy atom. The molecule has 0 spiro atoms. The predicted octanol–water partition coefficient (Wildman–Crippen LogP) is 1.03. The molecule has 0 amide bonds. The number of carboxylic acid groups (broad SMARTS) is 1. The predicted molar refractivity (Wildman–Crippen MR) is 65.6 cm³/mol. The van der Waals surface area contributed by atoms with E-state index in [2.05, 4.69) is 15.0 Å². The van der Waals surface area contributed by atoms with Gasteiger partial charge in [-0.05, 0) is 18.4 Å². The molecular formula is C12H14N4O2. The average Bonchev–Trinajstić information content (AvgIpc) is 2.95. The fraction of sp³-hybridized carbons (Fsp3) is 0.417. The molecule has 1 saturated heterocycles. The molecule has 0 saturated carbocycles. The van der Waals surface area contributed by atoms with Gasteiger partial charge in [0.05, 0.1) is 6.20 Å². The summed E-state index contributed by atoms with van der Waals surface area (Å²) in [6, 6.07) is 3.78. The summed E-state index contributed by atoms with van der Waals surface area (Å²) in [4.78, 5) is 17.3. The van der Waals surface area contributed by atoms with Crippen LogP contribution in [0.4, 0.5) is 5.82 Å². The van der Waals surface area contributed by atoms with Gasteiger partial charge in [-0.3, -0.25) is 4.79 Å². The molecule has 6 nitrogen and oxygen atoms in total. The van der Waals surface area contributed by atoms with Crippen LogP contribution in [0.25, 0.3) is 5.65 Å². The van der Waals surface area contributed by atoms with E-state index in [4.69, 9.17) is 5.11 Å². The molecule has 1 N–H and O–H groups in total. The molecule has 3 rings (SSSR count). The smallest absolute Gasteiger partial charge is 0.303 e.